The maximum Gasteiger partial charge on any atom is 0.308 e. The first-order valence-corrected chi connectivity index (χ1v) is 10.9. The van der Waals surface area contributed by atoms with Crippen molar-refractivity contribution in [1.29, 1.82) is 0 Å². The molecule has 118 valence electrons. The predicted molar refractivity (Wildman–Crippen MR) is 95.0 cm³/mol. The van der Waals surface area contributed by atoms with Gasteiger partial charge in [0.05, 0.1) is 13.1 Å². The van der Waals surface area contributed by atoms with E-state index in [0.717, 1.165) is 10.8 Å². The maximum absolute atomic E-state index is 11.5. The molecule has 0 N–H and O–H groups in total. The summed E-state index contributed by atoms with van der Waals surface area (Å²) >= 11 is 6.62. The van der Waals surface area contributed by atoms with Gasteiger partial charge in [-0.1, -0.05) is 49.5 Å². The summed E-state index contributed by atoms with van der Waals surface area (Å²) < 4.78 is 5.38. The van der Waals surface area contributed by atoms with Crippen molar-refractivity contribution in [2.24, 2.45) is 0 Å². The van der Waals surface area contributed by atoms with Gasteiger partial charge in [0.25, 0.3) is 0 Å². The average molecular weight is 336 g/mol. The molecule has 1 aromatic heterocycles. The lowest BCUT2D eigenvalue weighted by Gasteiger charge is -2.23. The molecular formula is C17H22ClNO2Si. The Bertz CT molecular complexity index is 628. The van der Waals surface area contributed by atoms with E-state index in [-0.39, 0.29) is 0 Å². The van der Waals surface area contributed by atoms with Crippen LogP contribution in [0.2, 0.25) is 19.6 Å². The minimum absolute atomic E-state index is 0.345. The monoisotopic (exact) mass is 335 g/mol. The summed E-state index contributed by atoms with van der Waals surface area (Å²) in [6, 6.07) is 3.59. The van der Waals surface area contributed by atoms with Gasteiger partial charge in [0.15, 0.2) is 5.76 Å². The average Bonchev–Trinajstić information content (AvgIpc) is 2.41. The lowest BCUT2D eigenvalue weighted by atomic mass is 10.2. The molecule has 0 aliphatic carbocycles. The number of pyridine rings is 1. The number of hydrogen-bond donors (Lipinski definition) is 0. The molecule has 3 nitrogen and oxygen atoms in total. The van der Waals surface area contributed by atoms with Crippen LogP contribution >= 0.6 is 11.6 Å². The Morgan fingerprint density at radius 2 is 2.00 bits per heavy atom. The Labute approximate surface area is 138 Å². The number of halogens is 1. The van der Waals surface area contributed by atoms with Crippen molar-refractivity contribution in [1.82, 2.24) is 4.98 Å². The number of esters is 1. The Morgan fingerprint density at radius 3 is 2.41 bits per heavy atom. The number of rotatable bonds is 5. The normalized spacial score (nSPS) is 13.5. The minimum Gasteiger partial charge on any atom is -0.424 e. The van der Waals surface area contributed by atoms with Crippen molar-refractivity contribution in [3.63, 3.8) is 0 Å². The molecule has 0 radical (unpaired) electrons. The molecule has 0 aliphatic heterocycles. The first kappa shape index (κ1) is 18.4. The van der Waals surface area contributed by atoms with Crippen LogP contribution in [0, 0.1) is 0 Å². The van der Waals surface area contributed by atoms with E-state index in [2.05, 4.69) is 31.2 Å². The van der Waals surface area contributed by atoms with Crippen LogP contribution in [-0.4, -0.2) is 19.0 Å². The minimum atomic E-state index is -1.76. The first-order chi connectivity index (χ1) is 10.1. The molecule has 0 bridgehead atoms. The highest BCUT2D eigenvalue weighted by Crippen LogP contribution is 2.33. The second-order valence-corrected chi connectivity index (χ2v) is 11.5. The third-order valence-electron chi connectivity index (χ3n) is 2.80. The molecule has 0 saturated carbocycles. The van der Waals surface area contributed by atoms with Crippen LogP contribution in [0.15, 0.2) is 53.0 Å². The first-order valence-electron chi connectivity index (χ1n) is 6.99. The summed E-state index contributed by atoms with van der Waals surface area (Å²) in [5, 5.41) is 1.44. The molecule has 1 heterocycles. The van der Waals surface area contributed by atoms with Gasteiger partial charge < -0.3 is 4.74 Å². The summed E-state index contributed by atoms with van der Waals surface area (Å²) in [6.07, 6.45) is 5.25. The summed E-state index contributed by atoms with van der Waals surface area (Å²) in [6.45, 7) is 13.7. The van der Waals surface area contributed by atoms with E-state index in [0.29, 0.717) is 16.4 Å². The highest BCUT2D eigenvalue weighted by Gasteiger charge is 2.26. The van der Waals surface area contributed by atoms with Crippen LogP contribution in [-0.2, 0) is 9.53 Å². The zero-order valence-corrected chi connectivity index (χ0v) is 15.5. The van der Waals surface area contributed by atoms with E-state index in [4.69, 9.17) is 16.3 Å². The van der Waals surface area contributed by atoms with Gasteiger partial charge in [-0.15, -0.1) is 0 Å². The van der Waals surface area contributed by atoms with Crippen molar-refractivity contribution in [3.05, 3.63) is 58.5 Å². The van der Waals surface area contributed by atoms with Gasteiger partial charge in [0.1, 0.15) is 0 Å². The van der Waals surface area contributed by atoms with E-state index < -0.39 is 14.0 Å². The van der Waals surface area contributed by atoms with Crippen LogP contribution in [0.1, 0.15) is 19.4 Å². The summed E-state index contributed by atoms with van der Waals surface area (Å²) in [7, 11) is -1.76. The molecule has 0 amide bonds. The predicted octanol–water partition coefficient (Wildman–Crippen LogP) is 4.93. The molecule has 1 aromatic rings. The smallest absolute Gasteiger partial charge is 0.308 e. The van der Waals surface area contributed by atoms with E-state index in [1.165, 1.54) is 6.92 Å². The summed E-state index contributed by atoms with van der Waals surface area (Å²) in [5.74, 6) is -0.0700. The van der Waals surface area contributed by atoms with Crippen LogP contribution < -0.4 is 0 Å². The fourth-order valence-electron chi connectivity index (χ4n) is 1.85. The number of aromatic nitrogens is 1. The molecule has 0 fully saturated rings. The standard InChI is InChI=1S/C17H22ClNO2Si/c1-12(2)10-15(22(4,5)6)16(18)17(21-13(3)20)14-8-7-9-19-11-14/h7-11H,1H2,2-6H3/b15-10+,17-16-. The summed E-state index contributed by atoms with van der Waals surface area (Å²) in [5.41, 5.74) is 1.58. The molecule has 0 aromatic carbocycles. The van der Waals surface area contributed by atoms with Gasteiger partial charge in [-0.25, -0.2) is 0 Å². The third kappa shape index (κ3) is 5.28. The van der Waals surface area contributed by atoms with Crippen LogP contribution in [0.3, 0.4) is 0 Å². The van der Waals surface area contributed by atoms with Crippen LogP contribution in [0.5, 0.6) is 0 Å². The van der Waals surface area contributed by atoms with Crippen molar-refractivity contribution < 1.29 is 9.53 Å². The van der Waals surface area contributed by atoms with Gasteiger partial charge >= 0.3 is 5.97 Å². The number of allylic oxidation sites excluding steroid dienone is 4. The van der Waals surface area contributed by atoms with Gasteiger partial charge in [0, 0.05) is 24.9 Å². The molecule has 0 aliphatic rings. The van der Waals surface area contributed by atoms with Crippen molar-refractivity contribution >= 4 is 31.4 Å². The Kier molecular flexibility index (Phi) is 6.32. The molecule has 0 saturated heterocycles. The van der Waals surface area contributed by atoms with Crippen molar-refractivity contribution in [3.8, 4) is 0 Å². The highest BCUT2D eigenvalue weighted by atomic mass is 35.5. The fourth-order valence-corrected chi connectivity index (χ4v) is 4.35. The van der Waals surface area contributed by atoms with Crippen molar-refractivity contribution in [2.45, 2.75) is 33.5 Å². The number of hydrogen-bond acceptors (Lipinski definition) is 3. The lowest BCUT2D eigenvalue weighted by molar-refractivity contribution is -0.134. The maximum atomic E-state index is 11.5. The molecule has 0 unspecified atom stereocenters. The Morgan fingerprint density at radius 1 is 1.36 bits per heavy atom. The number of ether oxygens (including phenoxy) is 1. The van der Waals surface area contributed by atoms with E-state index in [1.54, 1.807) is 18.5 Å². The van der Waals surface area contributed by atoms with Gasteiger partial charge in [-0.3, -0.25) is 9.78 Å². The van der Waals surface area contributed by atoms with E-state index >= 15 is 0 Å². The molecule has 0 atom stereocenters. The quantitative estimate of drug-likeness (QED) is 0.331. The second-order valence-electron chi connectivity index (χ2n) is 6.13. The van der Waals surface area contributed by atoms with Crippen LogP contribution in [0.4, 0.5) is 0 Å². The van der Waals surface area contributed by atoms with Gasteiger partial charge in [-0.05, 0) is 24.3 Å². The lowest BCUT2D eigenvalue weighted by Crippen LogP contribution is -2.25. The Hall–Kier alpha value is -1.65. The van der Waals surface area contributed by atoms with E-state index in [9.17, 15) is 4.79 Å². The fraction of sp³-hybridized carbons (Fsp3) is 0.294. The second kappa shape index (κ2) is 7.56. The number of carbonyl (C=O) groups excluding carboxylic acids is 1. The van der Waals surface area contributed by atoms with Crippen LogP contribution in [0.25, 0.3) is 5.76 Å². The topological polar surface area (TPSA) is 39.2 Å². The van der Waals surface area contributed by atoms with Gasteiger partial charge in [0.2, 0.25) is 0 Å². The molecule has 0 spiro atoms. The molecule has 5 heteroatoms. The summed E-state index contributed by atoms with van der Waals surface area (Å²) in [4.78, 5) is 15.5. The number of nitrogens with zero attached hydrogens (tertiary/aromatic N) is 1. The number of carbonyl (C=O) groups is 1. The molecule has 22 heavy (non-hydrogen) atoms. The SMILES string of the molecule is C=C(C)/C=C(\C(Cl)=C(\OC(C)=O)c1cccnc1)[Si](C)(C)C. The zero-order chi connectivity index (χ0) is 16.9. The van der Waals surface area contributed by atoms with Gasteiger partial charge in [-0.2, -0.15) is 0 Å². The molecular weight excluding hydrogens is 314 g/mol. The zero-order valence-electron chi connectivity index (χ0n) is 13.7. The molecule has 1 rings (SSSR count). The third-order valence-corrected chi connectivity index (χ3v) is 5.35. The van der Waals surface area contributed by atoms with Crippen molar-refractivity contribution in [2.75, 3.05) is 0 Å². The Balaban J connectivity index is 3.55. The highest BCUT2D eigenvalue weighted by molar-refractivity contribution is 6.85. The van der Waals surface area contributed by atoms with E-state index in [1.807, 2.05) is 19.1 Å². The largest absolute Gasteiger partial charge is 0.424 e.